The number of Topliss-reactive ketones (excluding diaryl/α,β-unsaturated/α-hetero) is 1. The number of amides is 1. The van der Waals surface area contributed by atoms with Gasteiger partial charge in [0.15, 0.2) is 5.78 Å². The minimum absolute atomic E-state index is 0.181. The number of aryl methyl sites for hydroxylation is 2. The Morgan fingerprint density at radius 1 is 1.07 bits per heavy atom. The second-order valence-corrected chi connectivity index (χ2v) is 6.94. The number of aromatic nitrogens is 3. The highest BCUT2D eigenvalue weighted by molar-refractivity contribution is 6.03. The monoisotopic (exact) mass is 412 g/mol. The first-order valence-corrected chi connectivity index (χ1v) is 9.51. The van der Waals surface area contributed by atoms with Crippen LogP contribution < -0.4 is 16.6 Å². The summed E-state index contributed by atoms with van der Waals surface area (Å²) >= 11 is 0. The van der Waals surface area contributed by atoms with Crippen LogP contribution in [-0.4, -0.2) is 45.7 Å². The normalized spacial score (nSPS) is 11.0. The van der Waals surface area contributed by atoms with E-state index in [-0.39, 0.29) is 23.4 Å². The molecular formula is C21H24N4O5. The van der Waals surface area contributed by atoms with Gasteiger partial charge in [0.2, 0.25) is 0 Å². The van der Waals surface area contributed by atoms with Gasteiger partial charge in [-0.3, -0.25) is 23.5 Å². The molecule has 158 valence electrons. The number of carbonyl (C=O) groups excluding carboxylic acids is 2. The number of rotatable bonds is 8. The Bertz CT molecular complexity index is 1200. The molecule has 0 saturated heterocycles. The van der Waals surface area contributed by atoms with Crippen LogP contribution in [0.1, 0.15) is 27.3 Å². The lowest BCUT2D eigenvalue weighted by Crippen LogP contribution is -2.37. The van der Waals surface area contributed by atoms with Gasteiger partial charge in [0.1, 0.15) is 11.3 Å². The molecule has 1 amide bonds. The Morgan fingerprint density at radius 2 is 1.77 bits per heavy atom. The number of hydrogen-bond donors (Lipinski definition) is 1. The van der Waals surface area contributed by atoms with Crippen molar-refractivity contribution in [2.24, 2.45) is 14.1 Å². The van der Waals surface area contributed by atoms with Gasteiger partial charge in [-0.05, 0) is 12.5 Å². The number of ketones is 1. The van der Waals surface area contributed by atoms with Crippen LogP contribution in [0.3, 0.4) is 0 Å². The molecular weight excluding hydrogens is 388 g/mol. The van der Waals surface area contributed by atoms with Crippen LogP contribution in [-0.2, 0) is 25.4 Å². The van der Waals surface area contributed by atoms with Gasteiger partial charge in [-0.15, -0.1) is 0 Å². The van der Waals surface area contributed by atoms with Crippen LogP contribution >= 0.6 is 0 Å². The van der Waals surface area contributed by atoms with Gasteiger partial charge in [-0.1, -0.05) is 30.3 Å². The minimum atomic E-state index is -0.498. The lowest BCUT2D eigenvalue weighted by atomic mass is 10.1. The van der Waals surface area contributed by atoms with Gasteiger partial charge in [0, 0.05) is 39.9 Å². The average molecular weight is 412 g/mol. The van der Waals surface area contributed by atoms with Crippen molar-refractivity contribution in [2.75, 3.05) is 20.3 Å². The number of nitrogens with one attached hydrogen (secondary N) is 1. The van der Waals surface area contributed by atoms with Crippen molar-refractivity contribution < 1.29 is 14.3 Å². The van der Waals surface area contributed by atoms with E-state index in [9.17, 15) is 19.2 Å². The molecule has 2 heterocycles. The van der Waals surface area contributed by atoms with Gasteiger partial charge >= 0.3 is 5.69 Å². The number of carbonyl (C=O) groups is 2. The highest BCUT2D eigenvalue weighted by Gasteiger charge is 2.21. The second-order valence-electron chi connectivity index (χ2n) is 6.94. The molecule has 9 heteroatoms. The fourth-order valence-electron chi connectivity index (χ4n) is 3.40. The van der Waals surface area contributed by atoms with E-state index in [2.05, 4.69) is 5.32 Å². The third-order valence-electron chi connectivity index (χ3n) is 4.96. The first kappa shape index (κ1) is 21.3. The molecule has 0 spiro atoms. The lowest BCUT2D eigenvalue weighted by Gasteiger charge is -2.13. The maximum absolute atomic E-state index is 12.9. The molecule has 3 rings (SSSR count). The summed E-state index contributed by atoms with van der Waals surface area (Å²) < 4.78 is 9.05. The maximum Gasteiger partial charge on any atom is 0.332 e. The summed E-state index contributed by atoms with van der Waals surface area (Å²) in [6.07, 6.45) is 0.576. The number of methoxy groups -OCH3 is 1. The van der Waals surface area contributed by atoms with Gasteiger partial charge in [-0.2, -0.15) is 0 Å². The maximum atomic E-state index is 12.9. The van der Waals surface area contributed by atoms with E-state index in [0.717, 1.165) is 4.57 Å². The lowest BCUT2D eigenvalue weighted by molar-refractivity contribution is 0.0897. The predicted molar refractivity (Wildman–Crippen MR) is 112 cm³/mol. The van der Waals surface area contributed by atoms with Crippen LogP contribution in [0.5, 0.6) is 0 Å². The van der Waals surface area contributed by atoms with Crippen LogP contribution in [0.2, 0.25) is 0 Å². The second kappa shape index (κ2) is 8.91. The van der Waals surface area contributed by atoms with Crippen molar-refractivity contribution >= 4 is 22.7 Å². The molecule has 0 atom stereocenters. The van der Waals surface area contributed by atoms with Crippen molar-refractivity contribution in [3.8, 4) is 0 Å². The quantitative estimate of drug-likeness (QED) is 0.433. The zero-order valence-corrected chi connectivity index (χ0v) is 17.2. The molecule has 30 heavy (non-hydrogen) atoms. The zero-order chi connectivity index (χ0) is 21.8. The molecule has 0 radical (unpaired) electrons. The Balaban J connectivity index is 1.98. The summed E-state index contributed by atoms with van der Waals surface area (Å²) in [6.45, 7) is 0.637. The molecule has 1 N–H and O–H groups in total. The zero-order valence-electron chi connectivity index (χ0n) is 17.2. The van der Waals surface area contributed by atoms with E-state index >= 15 is 0 Å². The summed E-state index contributed by atoms with van der Waals surface area (Å²) in [4.78, 5) is 50.2. The average Bonchev–Trinajstić information content (AvgIpc) is 3.15. The van der Waals surface area contributed by atoms with E-state index in [1.54, 1.807) is 49.1 Å². The first-order chi connectivity index (χ1) is 14.4. The van der Waals surface area contributed by atoms with E-state index < -0.39 is 17.2 Å². The Morgan fingerprint density at radius 3 is 2.43 bits per heavy atom. The predicted octanol–water partition coefficient (Wildman–Crippen LogP) is 0.688. The van der Waals surface area contributed by atoms with Crippen LogP contribution in [0.25, 0.3) is 11.0 Å². The van der Waals surface area contributed by atoms with Gasteiger partial charge < -0.3 is 14.6 Å². The molecule has 0 aliphatic carbocycles. The van der Waals surface area contributed by atoms with E-state index in [1.165, 1.54) is 17.7 Å². The van der Waals surface area contributed by atoms with E-state index in [1.807, 2.05) is 0 Å². The third-order valence-corrected chi connectivity index (χ3v) is 4.96. The summed E-state index contributed by atoms with van der Waals surface area (Å²) in [5.74, 6) is -0.725. The fourth-order valence-corrected chi connectivity index (χ4v) is 3.40. The van der Waals surface area contributed by atoms with Crippen LogP contribution in [0.4, 0.5) is 0 Å². The molecule has 3 aromatic rings. The number of nitrogens with zero attached hydrogens (tertiary/aromatic N) is 3. The van der Waals surface area contributed by atoms with Crippen LogP contribution in [0.15, 0.2) is 46.0 Å². The summed E-state index contributed by atoms with van der Waals surface area (Å²) in [5, 5.41) is 2.88. The van der Waals surface area contributed by atoms with Crippen molar-refractivity contribution in [2.45, 2.75) is 13.0 Å². The van der Waals surface area contributed by atoms with Crippen molar-refractivity contribution in [3.63, 3.8) is 0 Å². The van der Waals surface area contributed by atoms with Gasteiger partial charge in [0.05, 0.1) is 11.9 Å². The number of ether oxygens (including phenoxy) is 1. The smallest absolute Gasteiger partial charge is 0.332 e. The Hall–Kier alpha value is -3.46. The number of fused-ring (bicyclic) bond motifs is 1. The van der Waals surface area contributed by atoms with Crippen molar-refractivity contribution in [1.29, 1.82) is 0 Å². The van der Waals surface area contributed by atoms with Crippen molar-refractivity contribution in [3.05, 3.63) is 68.5 Å². The molecule has 0 aliphatic heterocycles. The molecule has 2 aromatic heterocycles. The largest absolute Gasteiger partial charge is 0.385 e. The Kier molecular flexibility index (Phi) is 6.31. The van der Waals surface area contributed by atoms with E-state index in [4.69, 9.17) is 4.74 Å². The van der Waals surface area contributed by atoms with E-state index in [0.29, 0.717) is 30.8 Å². The molecule has 1 aromatic carbocycles. The summed E-state index contributed by atoms with van der Waals surface area (Å²) in [6, 6.07) is 10.1. The number of benzene rings is 1. The van der Waals surface area contributed by atoms with Gasteiger partial charge in [-0.25, -0.2) is 4.79 Å². The Labute approximate surface area is 172 Å². The molecule has 0 bridgehead atoms. The summed E-state index contributed by atoms with van der Waals surface area (Å²) in [5.41, 5.74) is 0.103. The summed E-state index contributed by atoms with van der Waals surface area (Å²) in [7, 11) is 4.52. The van der Waals surface area contributed by atoms with Gasteiger partial charge in [0.25, 0.3) is 11.5 Å². The molecule has 9 nitrogen and oxygen atoms in total. The highest BCUT2D eigenvalue weighted by Crippen LogP contribution is 2.16. The minimum Gasteiger partial charge on any atom is -0.385 e. The third kappa shape index (κ3) is 3.97. The van der Waals surface area contributed by atoms with Crippen LogP contribution in [0, 0.1) is 0 Å². The number of hydrogen-bond acceptors (Lipinski definition) is 5. The molecule has 0 saturated carbocycles. The molecule has 0 unspecified atom stereocenters. The van der Waals surface area contributed by atoms with Crippen molar-refractivity contribution in [1.82, 2.24) is 19.0 Å². The molecule has 0 aliphatic rings. The topological polar surface area (TPSA) is 104 Å². The highest BCUT2D eigenvalue weighted by atomic mass is 16.5. The first-order valence-electron chi connectivity index (χ1n) is 9.51. The SMILES string of the molecule is COCCCn1c(C(=O)NCC(=O)c2ccccc2)cc2c(=O)n(C)c(=O)n(C)c21. The fraction of sp³-hybridized carbons (Fsp3) is 0.333. The molecule has 0 fully saturated rings. The standard InChI is InChI=1S/C21H24N4O5/c1-23-19-15(20(28)24(2)21(23)29)12-16(25(19)10-7-11-30-3)18(27)22-13-17(26)14-8-5-4-6-9-14/h4-6,8-9,12H,7,10-11,13H2,1-3H3,(H,22,27).